The largest absolute Gasteiger partial charge is 0.494 e. The first-order chi connectivity index (χ1) is 17.8. The van der Waals surface area contributed by atoms with Gasteiger partial charge in [-0.3, -0.25) is 4.79 Å². The van der Waals surface area contributed by atoms with Gasteiger partial charge in [-0.2, -0.15) is 0 Å². The molecule has 0 saturated carbocycles. The Morgan fingerprint density at radius 2 is 1.86 bits per heavy atom. The van der Waals surface area contributed by atoms with Crippen LogP contribution in [0.5, 0.6) is 5.75 Å². The standard InChI is InChI=1S/C27H31N5O3S2/c1-5-34-22-13-11-20(12-14-22)28-25-29-21(17-36-25)15-23-30-31-26(35-23)37-18-24(33)32(27(2,3)4)16-19-9-7-6-8-10-19/h6-14,17H,5,15-16,18H2,1-4H3,(H,28,29). The minimum Gasteiger partial charge on any atom is -0.494 e. The fourth-order valence-electron chi connectivity index (χ4n) is 3.56. The van der Waals surface area contributed by atoms with Gasteiger partial charge in [0.25, 0.3) is 5.22 Å². The molecule has 4 aromatic rings. The van der Waals surface area contributed by atoms with Crippen LogP contribution in [0, 0.1) is 0 Å². The molecule has 0 spiro atoms. The molecule has 1 N–H and O–H groups in total. The quantitative estimate of drug-likeness (QED) is 0.227. The summed E-state index contributed by atoms with van der Waals surface area (Å²) in [6, 6.07) is 17.7. The number of carbonyl (C=O) groups excluding carboxylic acids is 1. The summed E-state index contributed by atoms with van der Waals surface area (Å²) in [5.74, 6) is 1.54. The first-order valence-electron chi connectivity index (χ1n) is 12.0. The first kappa shape index (κ1) is 26.7. The number of hydrogen-bond donors (Lipinski definition) is 1. The Hall–Kier alpha value is -3.37. The molecular weight excluding hydrogens is 506 g/mol. The minimum absolute atomic E-state index is 0.0191. The van der Waals surface area contributed by atoms with E-state index < -0.39 is 0 Å². The number of rotatable bonds is 11. The maximum Gasteiger partial charge on any atom is 0.277 e. The molecule has 0 bridgehead atoms. The number of thioether (sulfide) groups is 1. The second-order valence-corrected chi connectivity index (χ2v) is 11.1. The second-order valence-electron chi connectivity index (χ2n) is 9.29. The summed E-state index contributed by atoms with van der Waals surface area (Å²) in [7, 11) is 0. The van der Waals surface area contributed by atoms with Gasteiger partial charge in [0.2, 0.25) is 11.8 Å². The summed E-state index contributed by atoms with van der Waals surface area (Å²) < 4.78 is 11.3. The molecule has 0 unspecified atom stereocenters. The summed E-state index contributed by atoms with van der Waals surface area (Å²) in [6.45, 7) is 9.26. The van der Waals surface area contributed by atoms with Crippen LogP contribution in [0.25, 0.3) is 0 Å². The van der Waals surface area contributed by atoms with Gasteiger partial charge in [0.1, 0.15) is 5.75 Å². The smallest absolute Gasteiger partial charge is 0.277 e. The van der Waals surface area contributed by atoms with E-state index >= 15 is 0 Å². The molecule has 2 heterocycles. The molecule has 10 heteroatoms. The average molecular weight is 538 g/mol. The highest BCUT2D eigenvalue weighted by atomic mass is 32.2. The van der Waals surface area contributed by atoms with Crippen molar-refractivity contribution in [3.05, 3.63) is 77.1 Å². The van der Waals surface area contributed by atoms with Gasteiger partial charge in [0, 0.05) is 23.2 Å². The maximum atomic E-state index is 13.1. The number of ether oxygens (including phenoxy) is 1. The van der Waals surface area contributed by atoms with Gasteiger partial charge in [-0.25, -0.2) is 4.98 Å². The normalized spacial score (nSPS) is 11.4. The number of benzene rings is 2. The Kier molecular flexibility index (Phi) is 8.83. The molecule has 0 saturated heterocycles. The Morgan fingerprint density at radius 1 is 1.11 bits per heavy atom. The highest BCUT2D eigenvalue weighted by Crippen LogP contribution is 2.26. The predicted molar refractivity (Wildman–Crippen MR) is 148 cm³/mol. The van der Waals surface area contributed by atoms with Gasteiger partial charge in [0.15, 0.2) is 5.13 Å². The lowest BCUT2D eigenvalue weighted by Gasteiger charge is -2.35. The van der Waals surface area contributed by atoms with Crippen molar-refractivity contribution in [2.24, 2.45) is 0 Å². The summed E-state index contributed by atoms with van der Waals surface area (Å²) >= 11 is 2.76. The molecule has 1 amide bonds. The highest BCUT2D eigenvalue weighted by Gasteiger charge is 2.27. The van der Waals surface area contributed by atoms with E-state index in [-0.39, 0.29) is 17.2 Å². The van der Waals surface area contributed by atoms with Crippen LogP contribution in [0.15, 0.2) is 69.6 Å². The molecule has 194 valence electrons. The van der Waals surface area contributed by atoms with E-state index in [1.165, 1.54) is 23.1 Å². The van der Waals surface area contributed by atoms with Crippen LogP contribution < -0.4 is 10.1 Å². The molecule has 0 aliphatic carbocycles. The number of anilines is 2. The van der Waals surface area contributed by atoms with Crippen molar-refractivity contribution in [1.29, 1.82) is 0 Å². The van der Waals surface area contributed by atoms with Gasteiger partial charge in [0.05, 0.1) is 24.5 Å². The van der Waals surface area contributed by atoms with Gasteiger partial charge in [-0.15, -0.1) is 21.5 Å². The molecule has 0 aliphatic heterocycles. The number of nitrogens with zero attached hydrogens (tertiary/aromatic N) is 4. The summed E-state index contributed by atoms with van der Waals surface area (Å²) in [5.41, 5.74) is 2.55. The number of amides is 1. The molecule has 0 fully saturated rings. The molecule has 2 aromatic carbocycles. The van der Waals surface area contributed by atoms with Gasteiger partial charge in [-0.1, -0.05) is 42.1 Å². The highest BCUT2D eigenvalue weighted by molar-refractivity contribution is 7.99. The second kappa shape index (κ2) is 12.2. The maximum absolute atomic E-state index is 13.1. The van der Waals surface area contributed by atoms with Gasteiger partial charge < -0.3 is 19.4 Å². The summed E-state index contributed by atoms with van der Waals surface area (Å²) in [6.07, 6.45) is 0.422. The van der Waals surface area contributed by atoms with Gasteiger partial charge in [-0.05, 0) is 57.5 Å². The first-order valence-corrected chi connectivity index (χ1v) is 13.9. The average Bonchev–Trinajstić information content (AvgIpc) is 3.52. The molecule has 4 rings (SSSR count). The van der Waals surface area contributed by atoms with Crippen molar-refractivity contribution in [1.82, 2.24) is 20.1 Å². The molecule has 37 heavy (non-hydrogen) atoms. The third-order valence-corrected chi connectivity index (χ3v) is 6.97. The predicted octanol–water partition coefficient (Wildman–Crippen LogP) is 6.18. The monoisotopic (exact) mass is 537 g/mol. The number of carbonyl (C=O) groups is 1. The number of hydrogen-bond acceptors (Lipinski definition) is 9. The Balaban J connectivity index is 1.30. The Bertz CT molecular complexity index is 1280. The minimum atomic E-state index is -0.310. The molecule has 2 aromatic heterocycles. The third-order valence-electron chi connectivity index (χ3n) is 5.36. The fraction of sp³-hybridized carbons (Fsp3) is 0.333. The van der Waals surface area contributed by atoms with Crippen molar-refractivity contribution in [3.63, 3.8) is 0 Å². The van der Waals surface area contributed by atoms with Crippen molar-refractivity contribution < 1.29 is 13.9 Å². The van der Waals surface area contributed by atoms with Crippen LogP contribution in [0.2, 0.25) is 0 Å². The fourth-order valence-corrected chi connectivity index (χ4v) is 4.95. The van der Waals surface area contributed by atoms with Crippen LogP contribution in [0.1, 0.15) is 44.8 Å². The lowest BCUT2D eigenvalue weighted by Crippen LogP contribution is -2.45. The third kappa shape index (κ3) is 7.80. The van der Waals surface area contributed by atoms with Crippen molar-refractivity contribution in [2.45, 2.75) is 51.4 Å². The molecule has 0 radical (unpaired) electrons. The zero-order chi connectivity index (χ0) is 26.3. The number of aromatic nitrogens is 3. The van der Waals surface area contributed by atoms with E-state index in [1.54, 1.807) is 0 Å². The van der Waals surface area contributed by atoms with E-state index in [4.69, 9.17) is 9.15 Å². The Labute approximate surface area is 225 Å². The lowest BCUT2D eigenvalue weighted by molar-refractivity contribution is -0.133. The number of thiazole rings is 1. The van der Waals surface area contributed by atoms with Crippen molar-refractivity contribution in [2.75, 3.05) is 17.7 Å². The van der Waals surface area contributed by atoms with Crippen LogP contribution in [-0.2, 0) is 17.8 Å². The van der Waals surface area contributed by atoms with E-state index in [9.17, 15) is 4.79 Å². The van der Waals surface area contributed by atoms with E-state index in [0.29, 0.717) is 30.7 Å². The van der Waals surface area contributed by atoms with Crippen LogP contribution in [0.4, 0.5) is 10.8 Å². The summed E-state index contributed by atoms with van der Waals surface area (Å²) in [5, 5.41) is 14.7. The molecule has 0 atom stereocenters. The number of nitrogens with one attached hydrogen (secondary N) is 1. The van der Waals surface area contributed by atoms with Crippen LogP contribution in [-0.4, -0.2) is 43.9 Å². The Morgan fingerprint density at radius 3 is 2.57 bits per heavy atom. The topological polar surface area (TPSA) is 93.4 Å². The zero-order valence-electron chi connectivity index (χ0n) is 21.4. The molecular formula is C27H31N5O3S2. The van der Waals surface area contributed by atoms with E-state index in [2.05, 4.69) is 20.5 Å². The van der Waals surface area contributed by atoms with Gasteiger partial charge >= 0.3 is 0 Å². The van der Waals surface area contributed by atoms with Crippen LogP contribution in [0.3, 0.4) is 0 Å². The van der Waals surface area contributed by atoms with Crippen molar-refractivity contribution in [3.8, 4) is 5.75 Å². The zero-order valence-corrected chi connectivity index (χ0v) is 23.1. The van der Waals surface area contributed by atoms with Crippen LogP contribution >= 0.6 is 23.1 Å². The SMILES string of the molecule is CCOc1ccc(Nc2nc(Cc3nnc(SCC(=O)N(Cc4ccccc4)C(C)(C)C)o3)cs2)cc1. The van der Waals surface area contributed by atoms with E-state index in [1.807, 2.05) is 92.6 Å². The van der Waals surface area contributed by atoms with E-state index in [0.717, 1.165) is 27.8 Å². The summed E-state index contributed by atoms with van der Waals surface area (Å²) in [4.78, 5) is 19.6. The van der Waals surface area contributed by atoms with Crippen molar-refractivity contribution >= 4 is 39.8 Å². The lowest BCUT2D eigenvalue weighted by atomic mass is 10.0. The molecule has 0 aliphatic rings. The molecule has 8 nitrogen and oxygen atoms in total.